The number of hydrogen-bond acceptors (Lipinski definition) is 3. The molecule has 0 bridgehead atoms. The summed E-state index contributed by atoms with van der Waals surface area (Å²) in [5.41, 5.74) is 1.85. The Hall–Kier alpha value is -1.88. The Morgan fingerprint density at radius 1 is 1.44 bits per heavy atom. The number of hydrogen-bond donors (Lipinski definition) is 2. The Balaban J connectivity index is 2.23. The molecule has 0 aliphatic carbocycles. The van der Waals surface area contributed by atoms with Gasteiger partial charge in [0.25, 0.3) is 0 Å². The SMILES string of the molecule is CNC(=O)CN1Cc2ccccc2C(C(=O)O)C1. The molecule has 0 fully saturated rings. The standard InChI is InChI=1S/C13H16N2O3/c1-14-12(16)8-15-6-9-4-2-3-5-10(9)11(7-15)13(17)18/h2-5,11H,6-8H2,1H3,(H,14,16)(H,17,18). The first-order chi connectivity index (χ1) is 8.61. The first kappa shape index (κ1) is 12.6. The van der Waals surface area contributed by atoms with Gasteiger partial charge in [-0.15, -0.1) is 0 Å². The third-order valence-corrected chi connectivity index (χ3v) is 3.21. The number of likely N-dealkylation sites (N-methyl/N-ethyl adjacent to an activating group) is 1. The van der Waals surface area contributed by atoms with Crippen LogP contribution in [0.4, 0.5) is 0 Å². The number of carboxylic acids is 1. The van der Waals surface area contributed by atoms with Crippen LogP contribution in [-0.4, -0.2) is 42.0 Å². The van der Waals surface area contributed by atoms with Gasteiger partial charge in [-0.1, -0.05) is 24.3 Å². The molecule has 0 saturated carbocycles. The molecule has 0 saturated heterocycles. The van der Waals surface area contributed by atoms with Crippen LogP contribution >= 0.6 is 0 Å². The molecule has 2 rings (SSSR count). The maximum Gasteiger partial charge on any atom is 0.312 e. The smallest absolute Gasteiger partial charge is 0.312 e. The first-order valence-electron chi connectivity index (χ1n) is 5.85. The van der Waals surface area contributed by atoms with E-state index in [-0.39, 0.29) is 12.5 Å². The molecule has 0 radical (unpaired) electrons. The number of benzene rings is 1. The Bertz CT molecular complexity index is 473. The van der Waals surface area contributed by atoms with Gasteiger partial charge < -0.3 is 10.4 Å². The lowest BCUT2D eigenvalue weighted by atomic mass is 9.90. The van der Waals surface area contributed by atoms with Crippen molar-refractivity contribution in [1.82, 2.24) is 10.2 Å². The summed E-state index contributed by atoms with van der Waals surface area (Å²) < 4.78 is 0. The van der Waals surface area contributed by atoms with Crippen LogP contribution in [-0.2, 0) is 16.1 Å². The molecule has 1 aliphatic rings. The van der Waals surface area contributed by atoms with Crippen molar-refractivity contribution in [2.75, 3.05) is 20.1 Å². The Labute approximate surface area is 105 Å². The minimum atomic E-state index is -0.843. The van der Waals surface area contributed by atoms with E-state index >= 15 is 0 Å². The van der Waals surface area contributed by atoms with Gasteiger partial charge in [-0.05, 0) is 11.1 Å². The lowest BCUT2D eigenvalue weighted by Gasteiger charge is -2.32. The van der Waals surface area contributed by atoms with Crippen LogP contribution in [0.15, 0.2) is 24.3 Å². The van der Waals surface area contributed by atoms with Gasteiger partial charge in [0.1, 0.15) is 0 Å². The van der Waals surface area contributed by atoms with E-state index < -0.39 is 11.9 Å². The van der Waals surface area contributed by atoms with E-state index in [0.717, 1.165) is 11.1 Å². The molecule has 1 atom stereocenters. The number of aliphatic carboxylic acids is 1. The molecular weight excluding hydrogens is 232 g/mol. The van der Waals surface area contributed by atoms with E-state index in [4.69, 9.17) is 0 Å². The van der Waals surface area contributed by atoms with E-state index in [0.29, 0.717) is 13.1 Å². The van der Waals surface area contributed by atoms with E-state index in [1.807, 2.05) is 29.2 Å². The topological polar surface area (TPSA) is 69.6 Å². The van der Waals surface area contributed by atoms with E-state index in [1.54, 1.807) is 7.05 Å². The van der Waals surface area contributed by atoms with Gasteiger partial charge in [0.2, 0.25) is 5.91 Å². The Morgan fingerprint density at radius 2 is 2.17 bits per heavy atom. The predicted molar refractivity (Wildman–Crippen MR) is 66.2 cm³/mol. The van der Waals surface area contributed by atoms with Crippen molar-refractivity contribution in [2.45, 2.75) is 12.5 Å². The van der Waals surface area contributed by atoms with Crippen molar-refractivity contribution in [2.24, 2.45) is 0 Å². The number of fused-ring (bicyclic) bond motifs is 1. The van der Waals surface area contributed by atoms with Crippen molar-refractivity contribution in [3.63, 3.8) is 0 Å². The molecule has 18 heavy (non-hydrogen) atoms. The highest BCUT2D eigenvalue weighted by molar-refractivity contribution is 5.79. The van der Waals surface area contributed by atoms with E-state index in [1.165, 1.54) is 0 Å². The number of carboxylic acid groups (broad SMARTS) is 1. The van der Waals surface area contributed by atoms with Crippen LogP contribution in [0, 0.1) is 0 Å². The van der Waals surface area contributed by atoms with E-state index in [9.17, 15) is 14.7 Å². The third-order valence-electron chi connectivity index (χ3n) is 3.21. The summed E-state index contributed by atoms with van der Waals surface area (Å²) >= 11 is 0. The first-order valence-corrected chi connectivity index (χ1v) is 5.85. The maximum atomic E-state index is 11.4. The van der Waals surface area contributed by atoms with Crippen molar-refractivity contribution in [3.05, 3.63) is 35.4 Å². The van der Waals surface area contributed by atoms with Crippen LogP contribution in [0.2, 0.25) is 0 Å². The van der Waals surface area contributed by atoms with Crippen molar-refractivity contribution in [3.8, 4) is 0 Å². The molecule has 1 heterocycles. The molecule has 96 valence electrons. The fourth-order valence-electron chi connectivity index (χ4n) is 2.29. The molecular formula is C13H16N2O3. The Morgan fingerprint density at radius 3 is 2.83 bits per heavy atom. The van der Waals surface area contributed by atoms with Gasteiger partial charge >= 0.3 is 5.97 Å². The molecule has 0 spiro atoms. The number of carbonyl (C=O) groups is 2. The van der Waals surface area contributed by atoms with Crippen molar-refractivity contribution >= 4 is 11.9 Å². The summed E-state index contributed by atoms with van der Waals surface area (Å²) in [6.07, 6.45) is 0. The largest absolute Gasteiger partial charge is 0.481 e. The second-order valence-electron chi connectivity index (χ2n) is 4.43. The van der Waals surface area contributed by atoms with Gasteiger partial charge in [0.15, 0.2) is 0 Å². The zero-order valence-electron chi connectivity index (χ0n) is 10.2. The highest BCUT2D eigenvalue weighted by atomic mass is 16.4. The molecule has 5 heteroatoms. The van der Waals surface area contributed by atoms with Crippen LogP contribution in [0.3, 0.4) is 0 Å². The summed E-state index contributed by atoms with van der Waals surface area (Å²) in [6.45, 7) is 1.22. The minimum Gasteiger partial charge on any atom is -0.481 e. The second kappa shape index (κ2) is 5.18. The van der Waals surface area contributed by atoms with Gasteiger partial charge in [0, 0.05) is 20.1 Å². The van der Waals surface area contributed by atoms with Crippen LogP contribution in [0.1, 0.15) is 17.0 Å². The Kier molecular flexibility index (Phi) is 3.62. The highest BCUT2D eigenvalue weighted by Gasteiger charge is 2.30. The predicted octanol–water partition coefficient (Wildman–Crippen LogP) is 0.416. The third kappa shape index (κ3) is 2.51. The molecule has 1 aliphatic heterocycles. The van der Waals surface area contributed by atoms with Crippen LogP contribution in [0.5, 0.6) is 0 Å². The van der Waals surface area contributed by atoms with Gasteiger partial charge in [-0.2, -0.15) is 0 Å². The number of rotatable bonds is 3. The van der Waals surface area contributed by atoms with E-state index in [2.05, 4.69) is 5.32 Å². The number of nitrogens with one attached hydrogen (secondary N) is 1. The number of amides is 1. The molecule has 0 aromatic heterocycles. The van der Waals surface area contributed by atoms with Gasteiger partial charge in [-0.25, -0.2) is 0 Å². The van der Waals surface area contributed by atoms with Crippen LogP contribution in [0.25, 0.3) is 0 Å². The summed E-state index contributed by atoms with van der Waals surface area (Å²) in [7, 11) is 1.58. The molecule has 1 aromatic rings. The summed E-state index contributed by atoms with van der Waals surface area (Å²) in [4.78, 5) is 24.5. The zero-order valence-corrected chi connectivity index (χ0v) is 10.2. The second-order valence-corrected chi connectivity index (χ2v) is 4.43. The fourth-order valence-corrected chi connectivity index (χ4v) is 2.29. The number of nitrogens with zero attached hydrogens (tertiary/aromatic N) is 1. The summed E-state index contributed by atoms with van der Waals surface area (Å²) in [5, 5.41) is 11.8. The zero-order chi connectivity index (χ0) is 13.1. The average molecular weight is 248 g/mol. The molecule has 1 amide bonds. The van der Waals surface area contributed by atoms with Crippen LogP contribution < -0.4 is 5.32 Å². The van der Waals surface area contributed by atoms with Crippen molar-refractivity contribution < 1.29 is 14.7 Å². The summed E-state index contributed by atoms with van der Waals surface area (Å²) in [6, 6.07) is 7.51. The minimum absolute atomic E-state index is 0.0986. The highest BCUT2D eigenvalue weighted by Crippen LogP contribution is 2.28. The molecule has 5 nitrogen and oxygen atoms in total. The van der Waals surface area contributed by atoms with Gasteiger partial charge in [0.05, 0.1) is 12.5 Å². The lowest BCUT2D eigenvalue weighted by molar-refractivity contribution is -0.140. The maximum absolute atomic E-state index is 11.4. The quantitative estimate of drug-likeness (QED) is 0.813. The number of carbonyl (C=O) groups excluding carboxylic acids is 1. The monoisotopic (exact) mass is 248 g/mol. The lowest BCUT2D eigenvalue weighted by Crippen LogP contribution is -2.42. The normalized spacial score (nSPS) is 19.1. The molecule has 2 N–H and O–H groups in total. The van der Waals surface area contributed by atoms with Crippen molar-refractivity contribution in [1.29, 1.82) is 0 Å². The average Bonchev–Trinajstić information content (AvgIpc) is 2.37. The summed E-state index contributed by atoms with van der Waals surface area (Å²) in [5.74, 6) is -1.50. The fraction of sp³-hybridized carbons (Fsp3) is 0.385. The molecule has 1 unspecified atom stereocenters. The van der Waals surface area contributed by atoms with Gasteiger partial charge in [-0.3, -0.25) is 14.5 Å². The molecule has 1 aromatic carbocycles.